The lowest BCUT2D eigenvalue weighted by atomic mass is 9.94. The first kappa shape index (κ1) is 13.6. The zero-order valence-electron chi connectivity index (χ0n) is 9.12. The van der Waals surface area contributed by atoms with E-state index in [1.54, 1.807) is 0 Å². The van der Waals surface area contributed by atoms with E-state index in [-0.39, 0.29) is 0 Å². The highest BCUT2D eigenvalue weighted by molar-refractivity contribution is 5.01. The van der Waals surface area contributed by atoms with Crippen LogP contribution in [0.15, 0.2) is 0 Å². The molecule has 3 atom stereocenters. The fourth-order valence-electron chi connectivity index (χ4n) is 1.44. The molecule has 1 fully saturated rings. The van der Waals surface area contributed by atoms with Crippen LogP contribution in [0.25, 0.3) is 0 Å². The molecule has 1 aliphatic rings. The van der Waals surface area contributed by atoms with Crippen LogP contribution in [0.3, 0.4) is 0 Å². The average Bonchev–Trinajstić information content (AvgIpc) is 2.42. The summed E-state index contributed by atoms with van der Waals surface area (Å²) in [6.07, 6.45) is 0. The van der Waals surface area contributed by atoms with Gasteiger partial charge in [0.05, 0.1) is 0 Å². The molecule has 0 aromatic heterocycles. The first-order chi connectivity index (χ1) is 6.97. The Labute approximate surface area is 89.7 Å². The minimum absolute atomic E-state index is 0.374. The van der Waals surface area contributed by atoms with Gasteiger partial charge in [-0.25, -0.2) is 13.2 Å². The van der Waals surface area contributed by atoms with E-state index >= 15 is 0 Å². The molecule has 0 aromatic carbocycles. The normalized spacial score (nSPS) is 39.8. The Morgan fingerprint density at radius 3 is 2.06 bits per heavy atom. The standard InChI is InChI=1S/C9H13F5O2/c1-6(11,4-10)9(13,14)8(3)15-5-7(2,12)16-8/h4-5H2,1-3H3. The van der Waals surface area contributed by atoms with Gasteiger partial charge in [-0.15, -0.1) is 0 Å². The van der Waals surface area contributed by atoms with Crippen molar-refractivity contribution >= 4 is 0 Å². The third-order valence-corrected chi connectivity index (χ3v) is 2.49. The van der Waals surface area contributed by atoms with Crippen LogP contribution in [-0.2, 0) is 9.47 Å². The van der Waals surface area contributed by atoms with Gasteiger partial charge in [-0.1, -0.05) is 0 Å². The van der Waals surface area contributed by atoms with Crippen LogP contribution in [0, 0.1) is 0 Å². The van der Waals surface area contributed by atoms with Crippen molar-refractivity contribution in [1.29, 1.82) is 0 Å². The van der Waals surface area contributed by atoms with Gasteiger partial charge in [0.1, 0.15) is 13.3 Å². The average molecular weight is 248 g/mol. The van der Waals surface area contributed by atoms with Gasteiger partial charge in [0.15, 0.2) is 0 Å². The van der Waals surface area contributed by atoms with E-state index in [9.17, 15) is 22.0 Å². The number of alkyl halides is 5. The molecule has 1 heterocycles. The lowest BCUT2D eigenvalue weighted by Gasteiger charge is -2.38. The molecule has 0 saturated carbocycles. The Hall–Kier alpha value is -0.430. The van der Waals surface area contributed by atoms with Crippen LogP contribution in [-0.4, -0.2) is 36.5 Å². The van der Waals surface area contributed by atoms with Crippen LogP contribution < -0.4 is 0 Å². The fourth-order valence-corrected chi connectivity index (χ4v) is 1.44. The maximum absolute atomic E-state index is 13.6. The predicted octanol–water partition coefficient (Wildman–Crippen LogP) is 2.77. The van der Waals surface area contributed by atoms with E-state index in [0.29, 0.717) is 13.8 Å². The van der Waals surface area contributed by atoms with Crippen molar-refractivity contribution in [2.45, 2.75) is 44.0 Å². The molecule has 0 aliphatic carbocycles. The molecule has 1 saturated heterocycles. The topological polar surface area (TPSA) is 18.5 Å². The van der Waals surface area contributed by atoms with Crippen LogP contribution in [0.5, 0.6) is 0 Å². The van der Waals surface area contributed by atoms with Gasteiger partial charge < -0.3 is 9.47 Å². The van der Waals surface area contributed by atoms with E-state index in [1.165, 1.54) is 0 Å². The minimum atomic E-state index is -4.31. The van der Waals surface area contributed by atoms with Gasteiger partial charge >= 0.3 is 5.92 Å². The first-order valence-corrected chi connectivity index (χ1v) is 4.63. The van der Waals surface area contributed by atoms with Crippen molar-refractivity contribution in [2.24, 2.45) is 0 Å². The molecule has 2 nitrogen and oxygen atoms in total. The molecule has 1 aliphatic heterocycles. The lowest BCUT2D eigenvalue weighted by Crippen LogP contribution is -2.60. The van der Waals surface area contributed by atoms with Gasteiger partial charge in [0.25, 0.3) is 0 Å². The number of hydrogen-bond donors (Lipinski definition) is 0. The molecule has 0 bridgehead atoms. The monoisotopic (exact) mass is 248 g/mol. The Balaban J connectivity index is 3.01. The van der Waals surface area contributed by atoms with Gasteiger partial charge in [-0.3, -0.25) is 0 Å². The van der Waals surface area contributed by atoms with Crippen molar-refractivity contribution < 1.29 is 31.4 Å². The van der Waals surface area contributed by atoms with E-state index in [1.807, 2.05) is 0 Å². The highest BCUT2D eigenvalue weighted by atomic mass is 19.3. The van der Waals surface area contributed by atoms with E-state index in [4.69, 9.17) is 0 Å². The summed E-state index contributed by atoms with van der Waals surface area (Å²) in [6, 6.07) is 0. The second-order valence-corrected chi connectivity index (χ2v) is 4.34. The molecule has 7 heteroatoms. The van der Waals surface area contributed by atoms with Crippen LogP contribution in [0.2, 0.25) is 0 Å². The molecule has 0 radical (unpaired) electrons. The second-order valence-electron chi connectivity index (χ2n) is 4.34. The maximum Gasteiger partial charge on any atom is 0.336 e. The van der Waals surface area contributed by atoms with Crippen molar-refractivity contribution in [3.05, 3.63) is 0 Å². The summed E-state index contributed by atoms with van der Waals surface area (Å²) in [5, 5.41) is 0. The minimum Gasteiger partial charge on any atom is -0.339 e. The summed E-state index contributed by atoms with van der Waals surface area (Å²) in [4.78, 5) is 0. The zero-order chi connectivity index (χ0) is 12.8. The van der Waals surface area contributed by atoms with Crippen molar-refractivity contribution in [3.63, 3.8) is 0 Å². The molecule has 3 unspecified atom stereocenters. The predicted molar refractivity (Wildman–Crippen MR) is 45.4 cm³/mol. The summed E-state index contributed by atoms with van der Waals surface area (Å²) in [6.45, 7) is -0.754. The molecule has 0 spiro atoms. The van der Waals surface area contributed by atoms with Gasteiger partial charge in [0, 0.05) is 0 Å². The maximum atomic E-state index is 13.6. The van der Waals surface area contributed by atoms with Crippen LogP contribution in [0.4, 0.5) is 22.0 Å². The van der Waals surface area contributed by atoms with Gasteiger partial charge in [-0.2, -0.15) is 8.78 Å². The Morgan fingerprint density at radius 2 is 1.75 bits per heavy atom. The Morgan fingerprint density at radius 1 is 1.25 bits per heavy atom. The smallest absolute Gasteiger partial charge is 0.336 e. The van der Waals surface area contributed by atoms with E-state index in [2.05, 4.69) is 9.47 Å². The third-order valence-electron chi connectivity index (χ3n) is 2.49. The SMILES string of the molecule is CC1(F)COC(C)(C(F)(F)C(C)(F)CF)O1. The first-order valence-electron chi connectivity index (χ1n) is 4.63. The molecule has 0 N–H and O–H groups in total. The summed E-state index contributed by atoms with van der Waals surface area (Å²) >= 11 is 0. The number of hydrogen-bond acceptors (Lipinski definition) is 2. The zero-order valence-corrected chi connectivity index (χ0v) is 9.12. The Kier molecular flexibility index (Phi) is 3.01. The highest BCUT2D eigenvalue weighted by Gasteiger charge is 2.69. The summed E-state index contributed by atoms with van der Waals surface area (Å²) in [7, 11) is 0. The van der Waals surface area contributed by atoms with Crippen molar-refractivity contribution in [2.75, 3.05) is 13.3 Å². The molecular formula is C9H13F5O2. The summed E-state index contributed by atoms with van der Waals surface area (Å²) < 4.78 is 74.8. The fraction of sp³-hybridized carbons (Fsp3) is 1.00. The Bertz CT molecular complexity index is 279. The molecule has 96 valence electrons. The molecule has 0 aromatic rings. The second kappa shape index (κ2) is 3.53. The highest BCUT2D eigenvalue weighted by Crippen LogP contribution is 2.49. The largest absolute Gasteiger partial charge is 0.339 e. The molecule has 16 heavy (non-hydrogen) atoms. The van der Waals surface area contributed by atoms with Gasteiger partial charge in [0.2, 0.25) is 17.3 Å². The summed E-state index contributed by atoms with van der Waals surface area (Å²) in [5.74, 6) is -9.56. The van der Waals surface area contributed by atoms with Crippen LogP contribution >= 0.6 is 0 Å². The van der Waals surface area contributed by atoms with E-state index < -0.39 is 36.5 Å². The van der Waals surface area contributed by atoms with Crippen LogP contribution in [0.1, 0.15) is 20.8 Å². The lowest BCUT2D eigenvalue weighted by molar-refractivity contribution is -0.340. The number of halogens is 5. The van der Waals surface area contributed by atoms with E-state index in [0.717, 1.165) is 6.92 Å². The number of rotatable bonds is 3. The number of ether oxygens (including phenoxy) is 2. The van der Waals surface area contributed by atoms with Crippen molar-refractivity contribution in [1.82, 2.24) is 0 Å². The molecular weight excluding hydrogens is 235 g/mol. The van der Waals surface area contributed by atoms with Crippen molar-refractivity contribution in [3.8, 4) is 0 Å². The molecule has 1 rings (SSSR count). The third kappa shape index (κ3) is 1.90. The summed E-state index contributed by atoms with van der Waals surface area (Å²) in [5.41, 5.74) is -3.48. The molecule has 0 amide bonds. The van der Waals surface area contributed by atoms with Gasteiger partial charge in [-0.05, 0) is 20.8 Å². The quantitative estimate of drug-likeness (QED) is 0.715.